The van der Waals surface area contributed by atoms with Crippen LogP contribution in [0.3, 0.4) is 0 Å². The van der Waals surface area contributed by atoms with Crippen molar-refractivity contribution in [1.29, 1.82) is 0 Å². The number of ether oxygens (including phenoxy) is 1. The summed E-state index contributed by atoms with van der Waals surface area (Å²) in [6.45, 7) is 9.76. The van der Waals surface area contributed by atoms with Gasteiger partial charge in [-0.3, -0.25) is 9.79 Å². The van der Waals surface area contributed by atoms with Gasteiger partial charge in [0.05, 0.1) is 0 Å². The van der Waals surface area contributed by atoms with Crippen molar-refractivity contribution >= 4 is 23.2 Å². The van der Waals surface area contributed by atoms with E-state index in [1.165, 1.54) is 5.56 Å². The van der Waals surface area contributed by atoms with Crippen molar-refractivity contribution in [2.75, 3.05) is 45.9 Å². The van der Waals surface area contributed by atoms with Crippen LogP contribution in [0.4, 0.5) is 0 Å². The Hall–Kier alpha value is -1.60. The zero-order valence-electron chi connectivity index (χ0n) is 15.8. The summed E-state index contributed by atoms with van der Waals surface area (Å²) < 4.78 is 5.54. The second-order valence-corrected chi connectivity index (χ2v) is 7.75. The van der Waals surface area contributed by atoms with Crippen molar-refractivity contribution in [3.8, 4) is 0 Å². The summed E-state index contributed by atoms with van der Waals surface area (Å²) in [7, 11) is 0. The molecule has 7 heteroatoms. The summed E-state index contributed by atoms with van der Waals surface area (Å²) >= 11 is 1.73. The molecule has 1 N–H and O–H groups in total. The SMILES string of the molecule is CCNC(=NCC(C)c1ccsc1)N1CCN(C(=O)C2CCCO2)CC1. The average molecular weight is 379 g/mol. The van der Waals surface area contributed by atoms with Gasteiger partial charge >= 0.3 is 0 Å². The topological polar surface area (TPSA) is 57.2 Å². The monoisotopic (exact) mass is 378 g/mol. The number of amides is 1. The minimum atomic E-state index is -0.213. The molecule has 1 aromatic heterocycles. The zero-order chi connectivity index (χ0) is 18.4. The van der Waals surface area contributed by atoms with E-state index in [4.69, 9.17) is 9.73 Å². The molecule has 144 valence electrons. The van der Waals surface area contributed by atoms with Crippen molar-refractivity contribution < 1.29 is 9.53 Å². The van der Waals surface area contributed by atoms with E-state index in [1.54, 1.807) is 11.3 Å². The highest BCUT2D eigenvalue weighted by Gasteiger charge is 2.30. The number of carbonyl (C=O) groups excluding carboxylic acids is 1. The normalized spacial score (nSPS) is 22.5. The number of nitrogens with zero attached hydrogens (tertiary/aromatic N) is 3. The first-order chi connectivity index (χ1) is 12.7. The number of rotatable bonds is 5. The fraction of sp³-hybridized carbons (Fsp3) is 0.684. The fourth-order valence-corrected chi connectivity index (χ4v) is 4.21. The highest BCUT2D eigenvalue weighted by atomic mass is 32.1. The van der Waals surface area contributed by atoms with E-state index in [9.17, 15) is 4.79 Å². The van der Waals surface area contributed by atoms with Crippen LogP contribution in [0.5, 0.6) is 0 Å². The van der Waals surface area contributed by atoms with E-state index in [0.29, 0.717) is 5.92 Å². The van der Waals surface area contributed by atoms with Crippen LogP contribution in [-0.2, 0) is 9.53 Å². The maximum atomic E-state index is 12.5. The van der Waals surface area contributed by atoms with E-state index in [-0.39, 0.29) is 12.0 Å². The van der Waals surface area contributed by atoms with Gasteiger partial charge in [0.25, 0.3) is 5.91 Å². The molecular weight excluding hydrogens is 348 g/mol. The summed E-state index contributed by atoms with van der Waals surface area (Å²) in [4.78, 5) is 21.6. The summed E-state index contributed by atoms with van der Waals surface area (Å²) in [6, 6.07) is 2.17. The molecule has 2 atom stereocenters. The molecule has 2 aliphatic heterocycles. The maximum absolute atomic E-state index is 12.5. The highest BCUT2D eigenvalue weighted by Crippen LogP contribution is 2.19. The first-order valence-electron chi connectivity index (χ1n) is 9.64. The lowest BCUT2D eigenvalue weighted by molar-refractivity contribution is -0.142. The summed E-state index contributed by atoms with van der Waals surface area (Å²) in [5, 5.41) is 7.72. The van der Waals surface area contributed by atoms with E-state index in [1.807, 2.05) is 4.90 Å². The van der Waals surface area contributed by atoms with Gasteiger partial charge in [0.2, 0.25) is 0 Å². The Morgan fingerprint density at radius 1 is 1.38 bits per heavy atom. The molecular formula is C19H30N4O2S. The molecule has 1 aromatic rings. The first-order valence-corrected chi connectivity index (χ1v) is 10.6. The van der Waals surface area contributed by atoms with Gasteiger partial charge in [-0.15, -0.1) is 0 Å². The molecule has 1 amide bonds. The molecule has 0 spiro atoms. The molecule has 2 fully saturated rings. The Balaban J connectivity index is 1.54. The van der Waals surface area contributed by atoms with Gasteiger partial charge in [0.1, 0.15) is 6.10 Å². The molecule has 0 aliphatic carbocycles. The Kier molecular flexibility index (Phi) is 6.91. The smallest absolute Gasteiger partial charge is 0.251 e. The minimum absolute atomic E-state index is 0.162. The first kappa shape index (κ1) is 19.2. The summed E-state index contributed by atoms with van der Waals surface area (Å²) in [5.41, 5.74) is 1.35. The fourth-order valence-electron chi connectivity index (χ4n) is 3.42. The Bertz CT molecular complexity index is 591. The Morgan fingerprint density at radius 2 is 2.15 bits per heavy atom. The van der Waals surface area contributed by atoms with Crippen LogP contribution in [0.2, 0.25) is 0 Å². The summed E-state index contributed by atoms with van der Waals surface area (Å²) in [6.07, 6.45) is 1.65. The van der Waals surface area contributed by atoms with Gasteiger partial charge in [-0.25, -0.2) is 0 Å². The number of hydrogen-bond acceptors (Lipinski definition) is 4. The number of guanidine groups is 1. The second kappa shape index (κ2) is 9.37. The number of piperazine rings is 1. The third kappa shape index (κ3) is 4.76. The average Bonchev–Trinajstić information content (AvgIpc) is 3.38. The molecule has 0 aromatic carbocycles. The number of hydrogen-bond donors (Lipinski definition) is 1. The van der Waals surface area contributed by atoms with E-state index >= 15 is 0 Å². The number of nitrogens with one attached hydrogen (secondary N) is 1. The van der Waals surface area contributed by atoms with Crippen LogP contribution >= 0.6 is 11.3 Å². The molecule has 3 heterocycles. The number of thiophene rings is 1. The molecule has 2 unspecified atom stereocenters. The van der Waals surface area contributed by atoms with Crippen molar-refractivity contribution in [3.63, 3.8) is 0 Å². The Morgan fingerprint density at radius 3 is 2.77 bits per heavy atom. The van der Waals surface area contributed by atoms with Gasteiger partial charge < -0.3 is 19.9 Å². The van der Waals surface area contributed by atoms with Crippen molar-refractivity contribution in [3.05, 3.63) is 22.4 Å². The van der Waals surface area contributed by atoms with Gasteiger partial charge in [-0.1, -0.05) is 6.92 Å². The zero-order valence-corrected chi connectivity index (χ0v) is 16.6. The lowest BCUT2D eigenvalue weighted by atomic mass is 10.1. The lowest BCUT2D eigenvalue weighted by Crippen LogP contribution is -2.55. The molecule has 26 heavy (non-hydrogen) atoms. The van der Waals surface area contributed by atoms with Gasteiger partial charge in [0, 0.05) is 51.8 Å². The van der Waals surface area contributed by atoms with Gasteiger partial charge in [0.15, 0.2) is 5.96 Å². The molecule has 3 rings (SSSR count). The van der Waals surface area contributed by atoms with E-state index in [0.717, 1.165) is 64.7 Å². The largest absolute Gasteiger partial charge is 0.368 e. The third-order valence-electron chi connectivity index (χ3n) is 5.06. The maximum Gasteiger partial charge on any atom is 0.251 e. The molecule has 0 saturated carbocycles. The van der Waals surface area contributed by atoms with Gasteiger partial charge in [-0.2, -0.15) is 11.3 Å². The van der Waals surface area contributed by atoms with Crippen molar-refractivity contribution in [1.82, 2.24) is 15.1 Å². The van der Waals surface area contributed by atoms with Crippen LogP contribution in [-0.4, -0.2) is 73.6 Å². The van der Waals surface area contributed by atoms with Crippen molar-refractivity contribution in [2.24, 2.45) is 4.99 Å². The summed E-state index contributed by atoms with van der Waals surface area (Å²) in [5.74, 6) is 1.53. The van der Waals surface area contributed by atoms with E-state index in [2.05, 4.69) is 40.9 Å². The number of aliphatic imine (C=N–C) groups is 1. The predicted molar refractivity (Wildman–Crippen MR) is 106 cm³/mol. The standard InChI is InChI=1S/C19H30N4O2S/c1-3-20-19(21-13-15(2)16-6-12-26-14-16)23-9-7-22(8-10-23)18(24)17-5-4-11-25-17/h6,12,14-15,17H,3-5,7-11,13H2,1-2H3,(H,20,21). The van der Waals surface area contributed by atoms with Crippen LogP contribution in [0.1, 0.15) is 38.2 Å². The van der Waals surface area contributed by atoms with Crippen LogP contribution in [0.25, 0.3) is 0 Å². The molecule has 0 bridgehead atoms. The molecule has 2 saturated heterocycles. The number of carbonyl (C=O) groups is 1. The quantitative estimate of drug-likeness (QED) is 0.630. The van der Waals surface area contributed by atoms with Gasteiger partial charge in [-0.05, 0) is 42.2 Å². The van der Waals surface area contributed by atoms with E-state index < -0.39 is 0 Å². The van der Waals surface area contributed by atoms with Crippen LogP contribution in [0, 0.1) is 0 Å². The third-order valence-corrected chi connectivity index (χ3v) is 5.76. The van der Waals surface area contributed by atoms with Crippen LogP contribution < -0.4 is 5.32 Å². The molecule has 0 radical (unpaired) electrons. The highest BCUT2D eigenvalue weighted by molar-refractivity contribution is 7.07. The lowest BCUT2D eigenvalue weighted by Gasteiger charge is -2.37. The van der Waals surface area contributed by atoms with Crippen LogP contribution in [0.15, 0.2) is 21.8 Å². The Labute approximate surface area is 160 Å². The molecule has 2 aliphatic rings. The second-order valence-electron chi connectivity index (χ2n) is 6.97. The molecule has 6 nitrogen and oxygen atoms in total. The van der Waals surface area contributed by atoms with Crippen molar-refractivity contribution in [2.45, 2.75) is 38.7 Å². The minimum Gasteiger partial charge on any atom is -0.368 e. The predicted octanol–water partition coefficient (Wildman–Crippen LogP) is 2.14.